The Bertz CT molecular complexity index is 340. The van der Waals surface area contributed by atoms with Crippen molar-refractivity contribution in [2.24, 2.45) is 5.73 Å². The standard InChI is InChI=1S/C11H16FN3O/c1-2-3-8(13)6-11(16)15-9-4-5-10(12)14-7-9/h4-5,7-8H,2-3,6,13H2,1H3,(H,15,16). The first-order valence-electron chi connectivity index (χ1n) is 5.28. The Hall–Kier alpha value is -1.49. The van der Waals surface area contributed by atoms with Crippen LogP contribution in [0.1, 0.15) is 26.2 Å². The average molecular weight is 225 g/mol. The highest BCUT2D eigenvalue weighted by atomic mass is 19.1. The Morgan fingerprint density at radius 1 is 1.62 bits per heavy atom. The fraction of sp³-hybridized carbons (Fsp3) is 0.455. The zero-order chi connectivity index (χ0) is 12.0. The number of nitrogens with zero attached hydrogens (tertiary/aromatic N) is 1. The highest BCUT2D eigenvalue weighted by Crippen LogP contribution is 2.07. The molecule has 0 bridgehead atoms. The van der Waals surface area contributed by atoms with E-state index in [4.69, 9.17) is 5.73 Å². The molecule has 0 aliphatic heterocycles. The molecule has 16 heavy (non-hydrogen) atoms. The maximum absolute atomic E-state index is 12.5. The summed E-state index contributed by atoms with van der Waals surface area (Å²) >= 11 is 0. The summed E-state index contributed by atoms with van der Waals surface area (Å²) in [6.45, 7) is 2.02. The van der Waals surface area contributed by atoms with Gasteiger partial charge in [0.2, 0.25) is 11.9 Å². The quantitative estimate of drug-likeness (QED) is 0.749. The maximum atomic E-state index is 12.5. The SMILES string of the molecule is CCCC(N)CC(=O)Nc1ccc(F)nc1. The van der Waals surface area contributed by atoms with Crippen molar-refractivity contribution in [3.63, 3.8) is 0 Å². The van der Waals surface area contributed by atoms with Gasteiger partial charge >= 0.3 is 0 Å². The van der Waals surface area contributed by atoms with Gasteiger partial charge in [0.25, 0.3) is 0 Å². The van der Waals surface area contributed by atoms with Gasteiger partial charge in [0.15, 0.2) is 0 Å². The molecule has 4 nitrogen and oxygen atoms in total. The summed E-state index contributed by atoms with van der Waals surface area (Å²) in [5.41, 5.74) is 6.21. The topological polar surface area (TPSA) is 68.0 Å². The van der Waals surface area contributed by atoms with Gasteiger partial charge in [-0.15, -0.1) is 0 Å². The predicted octanol–water partition coefficient (Wildman–Crippen LogP) is 1.68. The molecule has 3 N–H and O–H groups in total. The fourth-order valence-corrected chi connectivity index (χ4v) is 1.37. The van der Waals surface area contributed by atoms with Crippen LogP contribution in [0.5, 0.6) is 0 Å². The molecule has 1 aromatic rings. The molecule has 0 aliphatic rings. The number of hydrogen-bond donors (Lipinski definition) is 2. The van der Waals surface area contributed by atoms with Gasteiger partial charge in [-0.25, -0.2) is 4.98 Å². The Labute approximate surface area is 94.1 Å². The number of nitrogens with one attached hydrogen (secondary N) is 1. The van der Waals surface area contributed by atoms with Crippen molar-refractivity contribution < 1.29 is 9.18 Å². The molecule has 1 amide bonds. The number of pyridine rings is 1. The molecule has 0 aliphatic carbocycles. The Kier molecular flexibility index (Phi) is 4.85. The van der Waals surface area contributed by atoms with E-state index in [1.165, 1.54) is 18.3 Å². The first-order valence-corrected chi connectivity index (χ1v) is 5.28. The first-order chi connectivity index (χ1) is 7.61. The third kappa shape index (κ3) is 4.35. The molecule has 88 valence electrons. The Balaban J connectivity index is 2.42. The van der Waals surface area contributed by atoms with Crippen LogP contribution in [0.4, 0.5) is 10.1 Å². The van der Waals surface area contributed by atoms with E-state index in [1.807, 2.05) is 6.92 Å². The van der Waals surface area contributed by atoms with Crippen LogP contribution >= 0.6 is 0 Å². The number of rotatable bonds is 5. The van der Waals surface area contributed by atoms with Crippen molar-refractivity contribution in [1.29, 1.82) is 0 Å². The summed E-state index contributed by atoms with van der Waals surface area (Å²) in [7, 11) is 0. The van der Waals surface area contributed by atoms with Crippen LogP contribution in [0.25, 0.3) is 0 Å². The van der Waals surface area contributed by atoms with Crippen molar-refractivity contribution in [3.05, 3.63) is 24.3 Å². The van der Waals surface area contributed by atoms with E-state index in [9.17, 15) is 9.18 Å². The van der Waals surface area contributed by atoms with Crippen LogP contribution in [0.15, 0.2) is 18.3 Å². The minimum atomic E-state index is -0.569. The maximum Gasteiger partial charge on any atom is 0.225 e. The number of carbonyl (C=O) groups excluding carboxylic acids is 1. The van der Waals surface area contributed by atoms with Crippen LogP contribution in [-0.2, 0) is 4.79 Å². The molecular weight excluding hydrogens is 209 g/mol. The van der Waals surface area contributed by atoms with Crippen LogP contribution in [0, 0.1) is 5.95 Å². The molecule has 1 rings (SSSR count). The zero-order valence-corrected chi connectivity index (χ0v) is 9.24. The summed E-state index contributed by atoms with van der Waals surface area (Å²) in [5, 5.41) is 2.61. The summed E-state index contributed by atoms with van der Waals surface area (Å²) < 4.78 is 12.5. The second-order valence-electron chi connectivity index (χ2n) is 3.67. The summed E-state index contributed by atoms with van der Waals surface area (Å²) in [4.78, 5) is 14.9. The van der Waals surface area contributed by atoms with Gasteiger partial charge in [0, 0.05) is 12.5 Å². The van der Waals surface area contributed by atoms with Crippen molar-refractivity contribution in [2.75, 3.05) is 5.32 Å². The van der Waals surface area contributed by atoms with Gasteiger partial charge in [-0.1, -0.05) is 13.3 Å². The summed E-state index contributed by atoms with van der Waals surface area (Å²) in [6, 6.07) is 2.53. The van der Waals surface area contributed by atoms with Crippen LogP contribution < -0.4 is 11.1 Å². The normalized spacial score (nSPS) is 12.2. The number of carbonyl (C=O) groups is 1. The monoisotopic (exact) mass is 225 g/mol. The van der Waals surface area contributed by atoms with Crippen LogP contribution in [0.3, 0.4) is 0 Å². The molecular formula is C11H16FN3O. The van der Waals surface area contributed by atoms with E-state index in [-0.39, 0.29) is 18.4 Å². The molecule has 1 heterocycles. The van der Waals surface area contributed by atoms with Gasteiger partial charge in [0.05, 0.1) is 11.9 Å². The van der Waals surface area contributed by atoms with E-state index in [0.717, 1.165) is 12.8 Å². The lowest BCUT2D eigenvalue weighted by atomic mass is 10.1. The number of hydrogen-bond acceptors (Lipinski definition) is 3. The van der Waals surface area contributed by atoms with E-state index in [2.05, 4.69) is 10.3 Å². The zero-order valence-electron chi connectivity index (χ0n) is 9.24. The van der Waals surface area contributed by atoms with Gasteiger partial charge < -0.3 is 11.1 Å². The Morgan fingerprint density at radius 2 is 2.38 bits per heavy atom. The fourth-order valence-electron chi connectivity index (χ4n) is 1.37. The van der Waals surface area contributed by atoms with E-state index in [0.29, 0.717) is 5.69 Å². The minimum absolute atomic E-state index is 0.126. The summed E-state index contributed by atoms with van der Waals surface area (Å²) in [5.74, 6) is -0.741. The number of halogens is 1. The molecule has 0 aromatic carbocycles. The third-order valence-electron chi connectivity index (χ3n) is 2.12. The molecule has 1 atom stereocenters. The summed E-state index contributed by atoms with van der Waals surface area (Å²) in [6.07, 6.45) is 3.31. The highest BCUT2D eigenvalue weighted by molar-refractivity contribution is 5.90. The van der Waals surface area contributed by atoms with Crippen LogP contribution in [0.2, 0.25) is 0 Å². The van der Waals surface area contributed by atoms with Gasteiger partial charge in [0.1, 0.15) is 0 Å². The lowest BCUT2D eigenvalue weighted by Crippen LogP contribution is -2.26. The van der Waals surface area contributed by atoms with Crippen molar-refractivity contribution >= 4 is 11.6 Å². The largest absolute Gasteiger partial charge is 0.327 e. The smallest absolute Gasteiger partial charge is 0.225 e. The van der Waals surface area contributed by atoms with Gasteiger partial charge in [-0.05, 0) is 18.6 Å². The van der Waals surface area contributed by atoms with E-state index < -0.39 is 5.95 Å². The molecule has 0 fully saturated rings. The molecule has 1 unspecified atom stereocenters. The highest BCUT2D eigenvalue weighted by Gasteiger charge is 2.08. The Morgan fingerprint density at radius 3 is 2.94 bits per heavy atom. The van der Waals surface area contributed by atoms with Gasteiger partial charge in [-0.3, -0.25) is 4.79 Å². The van der Waals surface area contributed by atoms with Crippen molar-refractivity contribution in [3.8, 4) is 0 Å². The number of anilines is 1. The predicted molar refractivity (Wildman–Crippen MR) is 60.3 cm³/mol. The average Bonchev–Trinajstić information content (AvgIpc) is 2.21. The van der Waals surface area contributed by atoms with E-state index in [1.54, 1.807) is 0 Å². The second-order valence-corrected chi connectivity index (χ2v) is 3.67. The van der Waals surface area contributed by atoms with Crippen LogP contribution in [-0.4, -0.2) is 16.9 Å². The third-order valence-corrected chi connectivity index (χ3v) is 2.12. The molecule has 0 spiro atoms. The molecule has 5 heteroatoms. The second kappa shape index (κ2) is 6.17. The van der Waals surface area contributed by atoms with E-state index >= 15 is 0 Å². The molecule has 1 aromatic heterocycles. The number of nitrogens with two attached hydrogens (primary N) is 1. The minimum Gasteiger partial charge on any atom is -0.327 e. The van der Waals surface area contributed by atoms with Crippen molar-refractivity contribution in [1.82, 2.24) is 4.98 Å². The number of aromatic nitrogens is 1. The lowest BCUT2D eigenvalue weighted by molar-refractivity contribution is -0.116. The lowest BCUT2D eigenvalue weighted by Gasteiger charge is -2.10. The van der Waals surface area contributed by atoms with Gasteiger partial charge in [-0.2, -0.15) is 4.39 Å². The van der Waals surface area contributed by atoms with Crippen molar-refractivity contribution in [2.45, 2.75) is 32.2 Å². The molecule has 0 radical (unpaired) electrons. The molecule has 0 saturated carbocycles. The molecule has 0 saturated heterocycles. The first kappa shape index (κ1) is 12.6. The number of amides is 1.